The molecular formula is C11H10F3N3O. The molecule has 0 aliphatic carbocycles. The van der Waals surface area contributed by atoms with Gasteiger partial charge < -0.3 is 9.30 Å². The van der Waals surface area contributed by atoms with Gasteiger partial charge in [0.15, 0.2) is 23.3 Å². The molecule has 2 aromatic rings. The number of hydrogen-bond acceptors (Lipinski definition) is 3. The number of nitrogens with zero attached hydrogens (tertiary/aromatic N) is 3. The smallest absolute Gasteiger partial charge is 0.195 e. The van der Waals surface area contributed by atoms with Gasteiger partial charge in [-0.3, -0.25) is 0 Å². The number of benzene rings is 1. The van der Waals surface area contributed by atoms with Gasteiger partial charge in [-0.25, -0.2) is 13.2 Å². The maximum Gasteiger partial charge on any atom is 0.195 e. The Hall–Kier alpha value is -1.89. The normalized spacial score (nSPS) is 10.9. The van der Waals surface area contributed by atoms with E-state index in [1.807, 2.05) is 0 Å². The highest BCUT2D eigenvalue weighted by Crippen LogP contribution is 2.24. The second-order valence-corrected chi connectivity index (χ2v) is 3.56. The summed E-state index contributed by atoms with van der Waals surface area (Å²) in [4.78, 5) is 0. The molecule has 0 aliphatic rings. The average molecular weight is 257 g/mol. The Morgan fingerprint density at radius 2 is 2.00 bits per heavy atom. The lowest BCUT2D eigenvalue weighted by molar-refractivity contribution is 0.187. The molecule has 0 fully saturated rings. The van der Waals surface area contributed by atoms with Crippen LogP contribution in [-0.4, -0.2) is 28.5 Å². The van der Waals surface area contributed by atoms with Crippen LogP contribution in [0.4, 0.5) is 13.2 Å². The quantitative estimate of drug-likeness (QED) is 0.786. The number of aromatic nitrogens is 3. The molecule has 1 aromatic carbocycles. The van der Waals surface area contributed by atoms with Crippen LogP contribution in [0.25, 0.3) is 11.4 Å². The van der Waals surface area contributed by atoms with Crippen molar-refractivity contribution in [3.05, 3.63) is 35.9 Å². The van der Waals surface area contributed by atoms with E-state index in [9.17, 15) is 13.2 Å². The highest BCUT2D eigenvalue weighted by atomic mass is 19.2. The van der Waals surface area contributed by atoms with Gasteiger partial charge in [-0.1, -0.05) is 0 Å². The summed E-state index contributed by atoms with van der Waals surface area (Å²) in [6.07, 6.45) is 1.37. The van der Waals surface area contributed by atoms with Crippen molar-refractivity contribution in [3.63, 3.8) is 0 Å². The highest BCUT2D eigenvalue weighted by Gasteiger charge is 2.18. The van der Waals surface area contributed by atoms with E-state index in [1.54, 1.807) is 0 Å². The fourth-order valence-corrected chi connectivity index (χ4v) is 1.52. The number of methoxy groups -OCH3 is 1. The third-order valence-corrected chi connectivity index (χ3v) is 2.43. The van der Waals surface area contributed by atoms with E-state index in [1.165, 1.54) is 18.0 Å². The maximum absolute atomic E-state index is 13.6. The Morgan fingerprint density at radius 3 is 2.72 bits per heavy atom. The number of ether oxygens (including phenoxy) is 1. The molecule has 0 bridgehead atoms. The van der Waals surface area contributed by atoms with Crippen molar-refractivity contribution >= 4 is 0 Å². The van der Waals surface area contributed by atoms with Crippen LogP contribution in [0.3, 0.4) is 0 Å². The molecule has 0 amide bonds. The maximum atomic E-state index is 13.6. The molecule has 0 N–H and O–H groups in total. The Labute approximate surface area is 101 Å². The zero-order valence-corrected chi connectivity index (χ0v) is 9.53. The minimum absolute atomic E-state index is 0.128. The van der Waals surface area contributed by atoms with E-state index in [-0.39, 0.29) is 11.4 Å². The van der Waals surface area contributed by atoms with Gasteiger partial charge >= 0.3 is 0 Å². The summed E-state index contributed by atoms with van der Waals surface area (Å²) >= 11 is 0. The predicted octanol–water partition coefficient (Wildman–Crippen LogP) is 2.01. The largest absolute Gasteiger partial charge is 0.383 e. The van der Waals surface area contributed by atoms with E-state index in [4.69, 9.17) is 4.74 Å². The molecule has 0 spiro atoms. The first-order valence-electron chi connectivity index (χ1n) is 5.15. The van der Waals surface area contributed by atoms with Crippen LogP contribution >= 0.6 is 0 Å². The number of hydrogen-bond donors (Lipinski definition) is 0. The minimum atomic E-state index is -1.52. The SMILES string of the molecule is COCCn1cnnc1-c1ccc(F)c(F)c1F. The Balaban J connectivity index is 2.43. The van der Waals surface area contributed by atoms with Crippen molar-refractivity contribution in [2.24, 2.45) is 0 Å². The summed E-state index contributed by atoms with van der Waals surface area (Å²) in [5, 5.41) is 7.32. The van der Waals surface area contributed by atoms with E-state index in [0.717, 1.165) is 12.1 Å². The zero-order valence-electron chi connectivity index (χ0n) is 9.53. The average Bonchev–Trinajstić information content (AvgIpc) is 2.82. The lowest BCUT2D eigenvalue weighted by atomic mass is 10.2. The molecule has 1 heterocycles. The van der Waals surface area contributed by atoms with E-state index in [0.29, 0.717) is 13.2 Å². The predicted molar refractivity (Wildman–Crippen MR) is 57.2 cm³/mol. The first kappa shape index (κ1) is 12.6. The van der Waals surface area contributed by atoms with Gasteiger partial charge in [0.1, 0.15) is 6.33 Å². The molecule has 18 heavy (non-hydrogen) atoms. The van der Waals surface area contributed by atoms with Gasteiger partial charge in [0.25, 0.3) is 0 Å². The molecule has 0 aliphatic heterocycles. The lowest BCUT2D eigenvalue weighted by Crippen LogP contribution is -2.06. The second kappa shape index (κ2) is 5.18. The van der Waals surface area contributed by atoms with Crippen LogP contribution < -0.4 is 0 Å². The molecule has 7 heteroatoms. The fourth-order valence-electron chi connectivity index (χ4n) is 1.52. The monoisotopic (exact) mass is 257 g/mol. The number of rotatable bonds is 4. The van der Waals surface area contributed by atoms with Gasteiger partial charge in [0.05, 0.1) is 12.2 Å². The van der Waals surface area contributed by atoms with E-state index >= 15 is 0 Å². The Kier molecular flexibility index (Phi) is 3.61. The van der Waals surface area contributed by atoms with Crippen LogP contribution in [0.2, 0.25) is 0 Å². The van der Waals surface area contributed by atoms with Crippen molar-refractivity contribution in [3.8, 4) is 11.4 Å². The fraction of sp³-hybridized carbons (Fsp3) is 0.273. The molecule has 2 rings (SSSR count). The topological polar surface area (TPSA) is 39.9 Å². The van der Waals surface area contributed by atoms with Crippen LogP contribution in [-0.2, 0) is 11.3 Å². The molecule has 0 saturated carbocycles. The third-order valence-electron chi connectivity index (χ3n) is 2.43. The zero-order chi connectivity index (χ0) is 13.1. The molecule has 1 aromatic heterocycles. The summed E-state index contributed by atoms with van der Waals surface area (Å²) < 4.78 is 45.9. The molecule has 0 unspecified atom stereocenters. The Morgan fingerprint density at radius 1 is 1.22 bits per heavy atom. The van der Waals surface area contributed by atoms with Crippen molar-refractivity contribution in [1.82, 2.24) is 14.8 Å². The molecular weight excluding hydrogens is 247 g/mol. The first-order chi connectivity index (χ1) is 8.65. The number of halogens is 3. The lowest BCUT2D eigenvalue weighted by Gasteiger charge is -2.07. The van der Waals surface area contributed by atoms with Gasteiger partial charge in [0, 0.05) is 13.7 Å². The van der Waals surface area contributed by atoms with Crippen LogP contribution in [0.15, 0.2) is 18.5 Å². The van der Waals surface area contributed by atoms with Crippen LogP contribution in [0.1, 0.15) is 0 Å². The molecule has 0 atom stereocenters. The minimum Gasteiger partial charge on any atom is -0.383 e. The standard InChI is InChI=1S/C11H10F3N3O/c1-18-5-4-17-6-15-16-11(17)7-2-3-8(12)10(14)9(7)13/h2-3,6H,4-5H2,1H3. The summed E-state index contributed by atoms with van der Waals surface area (Å²) in [7, 11) is 1.52. The summed E-state index contributed by atoms with van der Waals surface area (Å²) in [5.74, 6) is -3.90. The Bertz CT molecular complexity index is 556. The van der Waals surface area contributed by atoms with E-state index < -0.39 is 17.5 Å². The molecule has 4 nitrogen and oxygen atoms in total. The van der Waals surface area contributed by atoms with Crippen molar-refractivity contribution in [2.75, 3.05) is 13.7 Å². The van der Waals surface area contributed by atoms with Crippen molar-refractivity contribution in [1.29, 1.82) is 0 Å². The highest BCUT2D eigenvalue weighted by molar-refractivity contribution is 5.56. The van der Waals surface area contributed by atoms with Crippen LogP contribution in [0.5, 0.6) is 0 Å². The van der Waals surface area contributed by atoms with Gasteiger partial charge in [-0.15, -0.1) is 10.2 Å². The summed E-state index contributed by atoms with van der Waals surface area (Å²) in [6.45, 7) is 0.758. The van der Waals surface area contributed by atoms with Gasteiger partial charge in [0.2, 0.25) is 0 Å². The first-order valence-corrected chi connectivity index (χ1v) is 5.15. The molecule has 0 radical (unpaired) electrons. The second-order valence-electron chi connectivity index (χ2n) is 3.56. The van der Waals surface area contributed by atoms with Crippen molar-refractivity contribution in [2.45, 2.75) is 6.54 Å². The van der Waals surface area contributed by atoms with Gasteiger partial charge in [-0.2, -0.15) is 0 Å². The molecule has 0 saturated heterocycles. The van der Waals surface area contributed by atoms with Gasteiger partial charge in [-0.05, 0) is 12.1 Å². The molecule has 96 valence electrons. The summed E-state index contributed by atoms with van der Waals surface area (Å²) in [6, 6.07) is 1.98. The third kappa shape index (κ3) is 2.21. The van der Waals surface area contributed by atoms with Crippen molar-refractivity contribution < 1.29 is 17.9 Å². The van der Waals surface area contributed by atoms with E-state index in [2.05, 4.69) is 10.2 Å². The van der Waals surface area contributed by atoms with Crippen LogP contribution in [0, 0.1) is 17.5 Å². The summed E-state index contributed by atoms with van der Waals surface area (Å²) in [5.41, 5.74) is -0.137.